The maximum Gasteiger partial charge on any atom is 0.164 e. The fourth-order valence-electron chi connectivity index (χ4n) is 8.03. The van der Waals surface area contributed by atoms with Crippen molar-refractivity contribution in [3.05, 3.63) is 194 Å². The van der Waals surface area contributed by atoms with Gasteiger partial charge in [0, 0.05) is 48.8 Å². The van der Waals surface area contributed by atoms with Crippen molar-refractivity contribution in [2.75, 3.05) is 4.90 Å². The van der Waals surface area contributed by atoms with Gasteiger partial charge in [0.1, 0.15) is 0 Å². The first kappa shape index (κ1) is 32.4. The van der Waals surface area contributed by atoms with Crippen LogP contribution in [0.2, 0.25) is 0 Å². The molecule has 0 radical (unpaired) electrons. The summed E-state index contributed by atoms with van der Waals surface area (Å²) < 4.78 is 0. The van der Waals surface area contributed by atoms with Gasteiger partial charge in [0.25, 0.3) is 0 Å². The molecule has 262 valence electrons. The number of nitrogens with zero attached hydrogens (tertiary/aromatic N) is 4. The van der Waals surface area contributed by atoms with Crippen LogP contribution in [0.4, 0.5) is 17.1 Å². The summed E-state index contributed by atoms with van der Waals surface area (Å²) in [5, 5.41) is 7.07. The minimum atomic E-state index is 0.648. The zero-order valence-corrected chi connectivity index (χ0v) is 31.0. The first-order valence-electron chi connectivity index (χ1n) is 18.8. The largest absolute Gasteiger partial charge is 0.310 e. The molecule has 56 heavy (non-hydrogen) atoms. The fourth-order valence-corrected chi connectivity index (χ4v) is 9.19. The van der Waals surface area contributed by atoms with Crippen LogP contribution < -0.4 is 4.90 Å². The van der Waals surface area contributed by atoms with Gasteiger partial charge in [-0.1, -0.05) is 151 Å². The lowest BCUT2D eigenvalue weighted by Crippen LogP contribution is -2.12. The van der Waals surface area contributed by atoms with Crippen molar-refractivity contribution in [2.24, 2.45) is 0 Å². The van der Waals surface area contributed by atoms with Crippen molar-refractivity contribution < 1.29 is 0 Å². The van der Waals surface area contributed by atoms with Gasteiger partial charge in [-0.25, -0.2) is 15.0 Å². The monoisotopic (exact) mass is 732 g/mol. The van der Waals surface area contributed by atoms with Gasteiger partial charge in [0.05, 0.1) is 5.69 Å². The summed E-state index contributed by atoms with van der Waals surface area (Å²) in [4.78, 5) is 20.3. The fraction of sp³-hybridized carbons (Fsp3) is 0. The average molecular weight is 733 g/mol. The van der Waals surface area contributed by atoms with E-state index in [1.807, 2.05) is 30.0 Å². The van der Waals surface area contributed by atoms with Gasteiger partial charge in [-0.15, -0.1) is 0 Å². The van der Waals surface area contributed by atoms with Gasteiger partial charge in [0.15, 0.2) is 17.5 Å². The number of rotatable bonds is 6. The van der Waals surface area contributed by atoms with Crippen molar-refractivity contribution in [1.82, 2.24) is 15.0 Å². The first-order valence-corrected chi connectivity index (χ1v) is 19.6. The minimum absolute atomic E-state index is 0.648. The smallest absolute Gasteiger partial charge is 0.164 e. The molecule has 0 spiro atoms. The van der Waals surface area contributed by atoms with E-state index < -0.39 is 0 Å². The van der Waals surface area contributed by atoms with Crippen LogP contribution in [0.15, 0.2) is 204 Å². The Labute approximate surface area is 328 Å². The molecule has 0 aliphatic carbocycles. The summed E-state index contributed by atoms with van der Waals surface area (Å²) in [6.07, 6.45) is 0. The summed E-state index contributed by atoms with van der Waals surface area (Å²) in [7, 11) is 0. The van der Waals surface area contributed by atoms with Crippen molar-refractivity contribution in [2.45, 2.75) is 9.79 Å². The molecule has 0 amide bonds. The Morgan fingerprint density at radius 1 is 0.375 bits per heavy atom. The highest BCUT2D eigenvalue weighted by Crippen LogP contribution is 2.54. The first-order chi connectivity index (χ1) is 27.7. The molecule has 9 aromatic carbocycles. The quantitative estimate of drug-likeness (QED) is 0.170. The van der Waals surface area contributed by atoms with Crippen molar-refractivity contribution in [1.29, 1.82) is 0 Å². The van der Waals surface area contributed by atoms with Gasteiger partial charge in [-0.3, -0.25) is 0 Å². The molecule has 2 heterocycles. The predicted molar refractivity (Wildman–Crippen MR) is 233 cm³/mol. The number of hydrogen-bond donors (Lipinski definition) is 0. The normalized spacial score (nSPS) is 11.9. The Bertz CT molecular complexity index is 3130. The molecule has 10 aromatic rings. The van der Waals surface area contributed by atoms with Crippen LogP contribution in [-0.4, -0.2) is 15.0 Å². The predicted octanol–water partition coefficient (Wildman–Crippen LogP) is 13.9. The molecular weight excluding hydrogens is 701 g/mol. The molecule has 0 atom stereocenters. The third kappa shape index (κ3) is 5.52. The van der Waals surface area contributed by atoms with Crippen LogP contribution in [0.5, 0.6) is 0 Å². The van der Waals surface area contributed by atoms with Crippen molar-refractivity contribution >= 4 is 61.1 Å². The lowest BCUT2D eigenvalue weighted by Gasteiger charge is -2.31. The van der Waals surface area contributed by atoms with Gasteiger partial charge in [0.2, 0.25) is 0 Å². The summed E-state index contributed by atoms with van der Waals surface area (Å²) in [6.45, 7) is 0. The average Bonchev–Trinajstić information content (AvgIpc) is 3.27. The van der Waals surface area contributed by atoms with Crippen LogP contribution in [0, 0.1) is 0 Å². The third-order valence-electron chi connectivity index (χ3n) is 10.7. The van der Waals surface area contributed by atoms with Crippen molar-refractivity contribution in [3.63, 3.8) is 0 Å². The topological polar surface area (TPSA) is 41.9 Å². The SMILES string of the molecule is c1ccc(-c2nc(-c3ccc4ccccc4c3)nc(-c3ccc4c5c(cccc35)-c3c(cccc3N(c3ccccc3)c3ccc5ccccc5c3)S4)n2)cc1. The Kier molecular flexibility index (Phi) is 7.71. The van der Waals surface area contributed by atoms with E-state index >= 15 is 0 Å². The lowest BCUT2D eigenvalue weighted by atomic mass is 9.93. The van der Waals surface area contributed by atoms with E-state index in [2.05, 4.69) is 181 Å². The highest BCUT2D eigenvalue weighted by molar-refractivity contribution is 7.99. The van der Waals surface area contributed by atoms with E-state index in [9.17, 15) is 0 Å². The van der Waals surface area contributed by atoms with E-state index in [4.69, 9.17) is 15.0 Å². The number of fused-ring (bicyclic) bond motifs is 4. The maximum absolute atomic E-state index is 5.22. The van der Waals surface area contributed by atoms with Gasteiger partial charge >= 0.3 is 0 Å². The summed E-state index contributed by atoms with van der Waals surface area (Å²) in [5.41, 5.74) is 8.63. The Morgan fingerprint density at radius 2 is 1.02 bits per heavy atom. The van der Waals surface area contributed by atoms with Gasteiger partial charge < -0.3 is 4.90 Å². The molecular formula is C51H32N4S. The molecule has 4 nitrogen and oxygen atoms in total. The number of para-hydroxylation sites is 1. The molecule has 0 unspecified atom stereocenters. The van der Waals surface area contributed by atoms with Crippen LogP contribution >= 0.6 is 11.8 Å². The molecule has 0 bridgehead atoms. The molecule has 0 saturated carbocycles. The Morgan fingerprint density at radius 3 is 1.80 bits per heavy atom. The lowest BCUT2D eigenvalue weighted by molar-refractivity contribution is 1.08. The molecule has 0 N–H and O–H groups in total. The molecule has 11 rings (SSSR count). The highest BCUT2D eigenvalue weighted by Gasteiger charge is 2.27. The highest BCUT2D eigenvalue weighted by atomic mass is 32.2. The Hall–Kier alpha value is -7.08. The van der Waals surface area contributed by atoms with E-state index in [1.54, 1.807) is 0 Å². The summed E-state index contributed by atoms with van der Waals surface area (Å²) >= 11 is 1.82. The molecule has 1 aliphatic rings. The number of hydrogen-bond acceptors (Lipinski definition) is 5. The van der Waals surface area contributed by atoms with Crippen LogP contribution in [-0.2, 0) is 0 Å². The number of benzene rings is 9. The second-order valence-corrected chi connectivity index (χ2v) is 15.1. The summed E-state index contributed by atoms with van der Waals surface area (Å²) in [6, 6.07) is 68.8. The van der Waals surface area contributed by atoms with Crippen LogP contribution in [0.25, 0.3) is 77.6 Å². The van der Waals surface area contributed by atoms with E-state index in [-0.39, 0.29) is 0 Å². The molecule has 5 heteroatoms. The maximum atomic E-state index is 5.22. The summed E-state index contributed by atoms with van der Waals surface area (Å²) in [5.74, 6) is 1.95. The molecule has 0 fully saturated rings. The second kappa shape index (κ2) is 13.3. The third-order valence-corrected chi connectivity index (χ3v) is 11.8. The second-order valence-electron chi connectivity index (χ2n) is 14.0. The van der Waals surface area contributed by atoms with Gasteiger partial charge in [-0.2, -0.15) is 0 Å². The molecule has 0 saturated heterocycles. The molecule has 1 aliphatic heterocycles. The van der Waals surface area contributed by atoms with E-state index in [0.717, 1.165) is 44.5 Å². The molecule has 1 aromatic heterocycles. The van der Waals surface area contributed by atoms with E-state index in [1.165, 1.54) is 42.5 Å². The zero-order chi connectivity index (χ0) is 37.0. The standard InChI is InChI=1S/C51H32N4S/c1-3-15-35(16-4-1)49-52-50(38-26-25-33-13-7-9-17-36(33)31-38)54-51(53-49)42-29-30-46-47-41(42)21-11-22-43(47)48-44(23-12-24-45(48)56-46)55(39-19-5-2-6-20-39)40-28-27-34-14-8-10-18-37(34)32-40/h1-32H. The van der Waals surface area contributed by atoms with Gasteiger partial charge in [-0.05, 0) is 87.1 Å². The van der Waals surface area contributed by atoms with Crippen LogP contribution in [0.3, 0.4) is 0 Å². The zero-order valence-electron chi connectivity index (χ0n) is 30.2. The van der Waals surface area contributed by atoms with E-state index in [0.29, 0.717) is 17.5 Å². The number of anilines is 3. The Balaban J connectivity index is 1.12. The minimum Gasteiger partial charge on any atom is -0.310 e. The number of aromatic nitrogens is 3. The van der Waals surface area contributed by atoms with Crippen molar-refractivity contribution in [3.8, 4) is 45.3 Å². The van der Waals surface area contributed by atoms with Crippen LogP contribution in [0.1, 0.15) is 0 Å².